The quantitative estimate of drug-likeness (QED) is 0.533. The fourth-order valence-electron chi connectivity index (χ4n) is 3.31. The fraction of sp³-hybridized carbons (Fsp3) is 0.182. The number of fused-ring (bicyclic) bond motifs is 1. The van der Waals surface area contributed by atoms with Gasteiger partial charge in [0.05, 0.1) is 6.21 Å². The lowest BCUT2D eigenvalue weighted by Crippen LogP contribution is -2.19. The summed E-state index contributed by atoms with van der Waals surface area (Å²) in [6, 6.07) is 16.2. The Hall–Kier alpha value is -2.92. The molecule has 1 amide bonds. The largest absolute Gasteiger partial charge is 0.363 e. The molecule has 1 aromatic heterocycles. The summed E-state index contributed by atoms with van der Waals surface area (Å²) in [6.07, 6.45) is 1.66. The van der Waals surface area contributed by atoms with E-state index in [0.717, 1.165) is 23.7 Å². The first-order chi connectivity index (χ1) is 13.1. The second kappa shape index (κ2) is 7.37. The number of nitrogens with one attached hydrogen (secondary N) is 1. The Morgan fingerprint density at radius 1 is 1.07 bits per heavy atom. The van der Waals surface area contributed by atoms with Crippen molar-refractivity contribution in [2.45, 2.75) is 26.9 Å². The van der Waals surface area contributed by atoms with Crippen molar-refractivity contribution in [2.24, 2.45) is 5.10 Å². The van der Waals surface area contributed by atoms with Crippen LogP contribution in [0.2, 0.25) is 0 Å². The number of hydrazone groups is 1. The number of hydrogen-bond donors (Lipinski definition) is 1. The molecule has 1 aliphatic rings. The van der Waals surface area contributed by atoms with Crippen molar-refractivity contribution in [3.63, 3.8) is 0 Å². The third kappa shape index (κ3) is 3.78. The maximum atomic E-state index is 12.4. The van der Waals surface area contributed by atoms with Crippen LogP contribution < -0.4 is 10.3 Å². The highest BCUT2D eigenvalue weighted by atomic mass is 32.1. The minimum atomic E-state index is -0.201. The molecule has 0 unspecified atom stereocenters. The highest BCUT2D eigenvalue weighted by molar-refractivity contribution is 7.11. The number of thiophene rings is 1. The van der Waals surface area contributed by atoms with Gasteiger partial charge in [-0.2, -0.15) is 5.10 Å². The van der Waals surface area contributed by atoms with E-state index in [1.807, 2.05) is 35.7 Å². The van der Waals surface area contributed by atoms with E-state index in [1.165, 1.54) is 22.3 Å². The first kappa shape index (κ1) is 17.5. The van der Waals surface area contributed by atoms with E-state index >= 15 is 0 Å². The van der Waals surface area contributed by atoms with Crippen molar-refractivity contribution >= 4 is 29.1 Å². The molecule has 2 aromatic carbocycles. The molecule has 0 radical (unpaired) electrons. The van der Waals surface area contributed by atoms with E-state index in [0.29, 0.717) is 5.56 Å². The van der Waals surface area contributed by atoms with Crippen molar-refractivity contribution in [1.82, 2.24) is 5.43 Å². The monoisotopic (exact) mass is 375 g/mol. The van der Waals surface area contributed by atoms with E-state index in [4.69, 9.17) is 0 Å². The number of amides is 1. The van der Waals surface area contributed by atoms with Crippen LogP contribution in [0.15, 0.2) is 59.0 Å². The zero-order valence-corrected chi connectivity index (χ0v) is 16.2. The Bertz CT molecular complexity index is 977. The Balaban J connectivity index is 1.47. The van der Waals surface area contributed by atoms with Gasteiger partial charge in [-0.1, -0.05) is 24.3 Å². The first-order valence-electron chi connectivity index (χ1n) is 8.91. The topological polar surface area (TPSA) is 44.7 Å². The van der Waals surface area contributed by atoms with Crippen LogP contribution >= 0.6 is 11.3 Å². The standard InChI is InChI=1S/C22H21N3OS/c1-15-9-18-13-25(14-19(18)10-16(15)2)20-6-3-5-17(11-20)22(26)24-23-12-21-7-4-8-27-21/h3-12H,13-14H2,1-2H3,(H,24,26)/b23-12-. The summed E-state index contributed by atoms with van der Waals surface area (Å²) in [5, 5.41) is 6.02. The van der Waals surface area contributed by atoms with Crippen LogP contribution in [-0.2, 0) is 13.1 Å². The molecule has 3 aromatic rings. The maximum absolute atomic E-state index is 12.4. The lowest BCUT2D eigenvalue weighted by molar-refractivity contribution is 0.0955. The van der Waals surface area contributed by atoms with Gasteiger partial charge in [0.1, 0.15) is 0 Å². The van der Waals surface area contributed by atoms with Crippen molar-refractivity contribution in [2.75, 3.05) is 4.90 Å². The normalized spacial score (nSPS) is 13.2. The molecule has 0 bridgehead atoms. The maximum Gasteiger partial charge on any atom is 0.271 e. The molecule has 0 atom stereocenters. The molecule has 1 aliphatic heterocycles. The van der Waals surface area contributed by atoms with E-state index in [2.05, 4.69) is 47.5 Å². The lowest BCUT2D eigenvalue weighted by atomic mass is 10.0. The van der Waals surface area contributed by atoms with Gasteiger partial charge in [0.15, 0.2) is 0 Å². The number of aryl methyl sites for hydroxylation is 2. The highest BCUT2D eigenvalue weighted by Gasteiger charge is 2.20. The average molecular weight is 375 g/mol. The summed E-state index contributed by atoms with van der Waals surface area (Å²) in [6.45, 7) is 6.05. The summed E-state index contributed by atoms with van der Waals surface area (Å²) in [7, 11) is 0. The Morgan fingerprint density at radius 2 is 1.81 bits per heavy atom. The van der Waals surface area contributed by atoms with Crippen molar-refractivity contribution in [1.29, 1.82) is 0 Å². The van der Waals surface area contributed by atoms with Crippen LogP contribution in [0.3, 0.4) is 0 Å². The van der Waals surface area contributed by atoms with Crippen molar-refractivity contribution in [3.05, 3.63) is 86.6 Å². The number of anilines is 1. The zero-order valence-electron chi connectivity index (χ0n) is 15.4. The summed E-state index contributed by atoms with van der Waals surface area (Å²) in [5.74, 6) is -0.201. The number of nitrogens with zero attached hydrogens (tertiary/aromatic N) is 2. The molecule has 4 rings (SSSR count). The van der Waals surface area contributed by atoms with Crippen LogP contribution in [0.5, 0.6) is 0 Å². The van der Waals surface area contributed by atoms with Crippen LogP contribution in [0.1, 0.15) is 37.5 Å². The zero-order chi connectivity index (χ0) is 18.8. The fourth-order valence-corrected chi connectivity index (χ4v) is 3.89. The second-order valence-electron chi connectivity index (χ2n) is 6.83. The number of benzene rings is 2. The van der Waals surface area contributed by atoms with Crippen LogP contribution in [0, 0.1) is 13.8 Å². The molecule has 0 aliphatic carbocycles. The van der Waals surface area contributed by atoms with Gasteiger partial charge in [-0.15, -0.1) is 11.3 Å². The Kier molecular flexibility index (Phi) is 4.77. The summed E-state index contributed by atoms with van der Waals surface area (Å²) in [4.78, 5) is 15.7. The van der Waals surface area contributed by atoms with Gasteiger partial charge >= 0.3 is 0 Å². The van der Waals surface area contributed by atoms with E-state index in [1.54, 1.807) is 17.6 Å². The molecule has 0 saturated carbocycles. The molecule has 4 nitrogen and oxygen atoms in total. The third-order valence-corrected chi connectivity index (χ3v) is 5.72. The van der Waals surface area contributed by atoms with Crippen LogP contribution in [0.4, 0.5) is 5.69 Å². The van der Waals surface area contributed by atoms with Crippen molar-refractivity contribution in [3.8, 4) is 0 Å². The SMILES string of the molecule is Cc1cc2c(cc1C)CN(c1cccc(C(=O)N/N=C\c3cccs3)c1)C2. The van der Waals surface area contributed by atoms with Gasteiger partial charge in [0, 0.05) is 29.2 Å². The predicted molar refractivity (Wildman–Crippen MR) is 112 cm³/mol. The number of carbonyl (C=O) groups is 1. The summed E-state index contributed by atoms with van der Waals surface area (Å²) in [5.41, 5.74) is 9.66. The van der Waals surface area contributed by atoms with Gasteiger partial charge < -0.3 is 4.90 Å². The Labute approximate surface area is 163 Å². The molecule has 27 heavy (non-hydrogen) atoms. The average Bonchev–Trinajstić information content (AvgIpc) is 3.32. The minimum absolute atomic E-state index is 0.201. The third-order valence-electron chi connectivity index (χ3n) is 4.91. The minimum Gasteiger partial charge on any atom is -0.363 e. The molecule has 2 heterocycles. The second-order valence-corrected chi connectivity index (χ2v) is 7.81. The molecule has 0 spiro atoms. The van der Waals surface area contributed by atoms with E-state index in [9.17, 15) is 4.79 Å². The lowest BCUT2D eigenvalue weighted by Gasteiger charge is -2.18. The first-order valence-corrected chi connectivity index (χ1v) is 9.79. The molecule has 0 fully saturated rings. The molecule has 1 N–H and O–H groups in total. The summed E-state index contributed by atoms with van der Waals surface area (Å²) < 4.78 is 0. The number of hydrogen-bond acceptors (Lipinski definition) is 4. The predicted octanol–water partition coefficient (Wildman–Crippen LogP) is 4.65. The van der Waals surface area contributed by atoms with Gasteiger partial charge in [0.25, 0.3) is 5.91 Å². The molecular weight excluding hydrogens is 354 g/mol. The number of rotatable bonds is 4. The summed E-state index contributed by atoms with van der Waals surface area (Å²) >= 11 is 1.58. The molecule has 0 saturated heterocycles. The molecule has 136 valence electrons. The van der Waals surface area contributed by atoms with Crippen LogP contribution in [-0.4, -0.2) is 12.1 Å². The van der Waals surface area contributed by atoms with E-state index < -0.39 is 0 Å². The van der Waals surface area contributed by atoms with Gasteiger partial charge in [0.2, 0.25) is 0 Å². The smallest absolute Gasteiger partial charge is 0.271 e. The van der Waals surface area contributed by atoms with Gasteiger partial charge in [-0.3, -0.25) is 4.79 Å². The molecular formula is C22H21N3OS. The highest BCUT2D eigenvalue weighted by Crippen LogP contribution is 2.30. The van der Waals surface area contributed by atoms with Gasteiger partial charge in [-0.25, -0.2) is 5.43 Å². The Morgan fingerprint density at radius 3 is 2.48 bits per heavy atom. The van der Waals surface area contributed by atoms with E-state index in [-0.39, 0.29) is 5.91 Å². The number of carbonyl (C=O) groups excluding carboxylic acids is 1. The van der Waals surface area contributed by atoms with Crippen molar-refractivity contribution < 1.29 is 4.79 Å². The van der Waals surface area contributed by atoms with Gasteiger partial charge in [-0.05, 0) is 65.7 Å². The molecule has 5 heteroatoms. The van der Waals surface area contributed by atoms with Crippen LogP contribution in [0.25, 0.3) is 0 Å².